The van der Waals surface area contributed by atoms with Crippen LogP contribution in [-0.4, -0.2) is 29.7 Å². The van der Waals surface area contributed by atoms with Crippen LogP contribution in [0.15, 0.2) is 64.4 Å². The Morgan fingerprint density at radius 1 is 1.00 bits per heavy atom. The molecule has 138 valence electrons. The van der Waals surface area contributed by atoms with E-state index in [1.807, 2.05) is 43.5 Å². The van der Waals surface area contributed by atoms with Gasteiger partial charge in [-0.3, -0.25) is 0 Å². The predicted molar refractivity (Wildman–Crippen MR) is 107 cm³/mol. The van der Waals surface area contributed by atoms with Crippen LogP contribution in [0.25, 0.3) is 0 Å². The van der Waals surface area contributed by atoms with Gasteiger partial charge in [0, 0.05) is 22.9 Å². The zero-order chi connectivity index (χ0) is 18.6. The van der Waals surface area contributed by atoms with Gasteiger partial charge in [0.2, 0.25) is 0 Å². The van der Waals surface area contributed by atoms with Gasteiger partial charge in [0.25, 0.3) is 0 Å². The van der Waals surface area contributed by atoms with Gasteiger partial charge in [-0.25, -0.2) is 4.79 Å². The van der Waals surface area contributed by atoms with Crippen LogP contribution in [0.3, 0.4) is 0 Å². The van der Waals surface area contributed by atoms with Gasteiger partial charge in [0.1, 0.15) is 5.60 Å². The molecular weight excluding hydrogens is 342 g/mol. The molecule has 0 aliphatic carbocycles. The number of carbonyl (C=O) groups is 1. The van der Waals surface area contributed by atoms with E-state index in [1.54, 1.807) is 0 Å². The molecule has 3 rings (SSSR count). The van der Waals surface area contributed by atoms with Crippen molar-refractivity contribution < 1.29 is 9.53 Å². The lowest BCUT2D eigenvalue weighted by atomic mass is 9.89. The maximum absolute atomic E-state index is 12.3. The Morgan fingerprint density at radius 3 is 2.27 bits per heavy atom. The summed E-state index contributed by atoms with van der Waals surface area (Å²) in [5, 5.41) is 0. The van der Waals surface area contributed by atoms with Crippen LogP contribution in [0.4, 0.5) is 4.79 Å². The Morgan fingerprint density at radius 2 is 1.62 bits per heavy atom. The summed E-state index contributed by atoms with van der Waals surface area (Å²) in [5.41, 5.74) is 0.956. The molecule has 3 nitrogen and oxygen atoms in total. The van der Waals surface area contributed by atoms with Gasteiger partial charge in [-0.15, -0.1) is 0 Å². The highest BCUT2D eigenvalue weighted by molar-refractivity contribution is 7.99. The largest absolute Gasteiger partial charge is 0.444 e. The van der Waals surface area contributed by atoms with Crippen molar-refractivity contribution in [2.24, 2.45) is 0 Å². The molecule has 0 atom stereocenters. The van der Waals surface area contributed by atoms with E-state index in [-0.39, 0.29) is 6.09 Å². The fourth-order valence-corrected chi connectivity index (χ4v) is 4.27. The number of amides is 1. The molecule has 2 aromatic rings. The van der Waals surface area contributed by atoms with Gasteiger partial charge in [-0.05, 0) is 63.3 Å². The minimum absolute atomic E-state index is 0.192. The van der Waals surface area contributed by atoms with Crippen LogP contribution < -0.4 is 0 Å². The monoisotopic (exact) mass is 369 g/mol. The van der Waals surface area contributed by atoms with Crippen LogP contribution in [0.1, 0.15) is 45.1 Å². The van der Waals surface area contributed by atoms with Crippen molar-refractivity contribution in [3.8, 4) is 0 Å². The molecule has 0 spiro atoms. The predicted octanol–water partition coefficient (Wildman–Crippen LogP) is 5.95. The number of carbonyl (C=O) groups excluding carboxylic acids is 1. The summed E-state index contributed by atoms with van der Waals surface area (Å²) in [5.74, 6) is 0.487. The average molecular weight is 370 g/mol. The summed E-state index contributed by atoms with van der Waals surface area (Å²) in [6.07, 6.45) is 1.76. The van der Waals surface area contributed by atoms with Crippen molar-refractivity contribution >= 4 is 17.9 Å². The Bertz CT molecular complexity index is 731. The van der Waals surface area contributed by atoms with Gasteiger partial charge in [0.05, 0.1) is 0 Å². The molecule has 0 saturated carbocycles. The van der Waals surface area contributed by atoms with Crippen molar-refractivity contribution in [2.75, 3.05) is 13.1 Å². The molecule has 0 unspecified atom stereocenters. The van der Waals surface area contributed by atoms with E-state index in [2.05, 4.69) is 48.5 Å². The van der Waals surface area contributed by atoms with Crippen LogP contribution >= 0.6 is 11.8 Å². The number of benzene rings is 2. The number of hydrogen-bond donors (Lipinski definition) is 0. The molecule has 1 aliphatic heterocycles. The maximum atomic E-state index is 12.3. The number of rotatable bonds is 3. The van der Waals surface area contributed by atoms with E-state index >= 15 is 0 Å². The first-order valence-electron chi connectivity index (χ1n) is 9.22. The Balaban J connectivity index is 1.66. The SMILES string of the molecule is CC(C)(C)OC(=O)N1CCC(c2ccccc2Sc2ccccc2)CC1. The molecule has 4 heteroatoms. The highest BCUT2D eigenvalue weighted by atomic mass is 32.2. The Labute approximate surface area is 160 Å². The van der Waals surface area contributed by atoms with Crippen molar-refractivity contribution in [3.05, 3.63) is 60.2 Å². The fraction of sp³-hybridized carbons (Fsp3) is 0.409. The fourth-order valence-electron chi connectivity index (χ4n) is 3.23. The second kappa shape index (κ2) is 8.17. The van der Waals surface area contributed by atoms with E-state index in [1.165, 1.54) is 15.4 Å². The lowest BCUT2D eigenvalue weighted by Gasteiger charge is -2.34. The van der Waals surface area contributed by atoms with Gasteiger partial charge in [-0.2, -0.15) is 0 Å². The maximum Gasteiger partial charge on any atom is 0.410 e. The second-order valence-corrected chi connectivity index (χ2v) is 8.81. The highest BCUT2D eigenvalue weighted by Gasteiger charge is 2.28. The summed E-state index contributed by atoms with van der Waals surface area (Å²) in [7, 11) is 0. The minimum Gasteiger partial charge on any atom is -0.444 e. The molecule has 0 bridgehead atoms. The third-order valence-corrected chi connectivity index (χ3v) is 5.58. The summed E-state index contributed by atoms with van der Waals surface area (Å²) < 4.78 is 5.50. The summed E-state index contributed by atoms with van der Waals surface area (Å²) >= 11 is 1.82. The van der Waals surface area contributed by atoms with Crippen LogP contribution in [0.5, 0.6) is 0 Å². The molecule has 26 heavy (non-hydrogen) atoms. The van der Waals surface area contributed by atoms with Crippen LogP contribution in [-0.2, 0) is 4.74 Å². The lowest BCUT2D eigenvalue weighted by Crippen LogP contribution is -2.41. The van der Waals surface area contributed by atoms with Crippen LogP contribution in [0.2, 0.25) is 0 Å². The van der Waals surface area contributed by atoms with Gasteiger partial charge < -0.3 is 9.64 Å². The average Bonchev–Trinajstić information content (AvgIpc) is 2.62. The molecule has 0 aromatic heterocycles. The molecule has 1 heterocycles. The number of ether oxygens (including phenoxy) is 1. The normalized spacial score (nSPS) is 15.7. The zero-order valence-corrected chi connectivity index (χ0v) is 16.6. The second-order valence-electron chi connectivity index (χ2n) is 7.69. The number of piperidine rings is 1. The van der Waals surface area contributed by atoms with E-state index in [9.17, 15) is 4.79 Å². The van der Waals surface area contributed by atoms with Crippen molar-refractivity contribution in [2.45, 2.75) is 54.9 Å². The Kier molecular flexibility index (Phi) is 5.92. The van der Waals surface area contributed by atoms with E-state index in [0.29, 0.717) is 5.92 Å². The van der Waals surface area contributed by atoms with Gasteiger partial charge in [0.15, 0.2) is 0 Å². The first-order chi connectivity index (χ1) is 12.4. The van der Waals surface area contributed by atoms with Crippen LogP contribution in [0, 0.1) is 0 Å². The molecular formula is C22H27NO2S. The topological polar surface area (TPSA) is 29.5 Å². The molecule has 1 saturated heterocycles. The number of hydrogen-bond acceptors (Lipinski definition) is 3. The van der Waals surface area contributed by atoms with E-state index < -0.39 is 5.60 Å². The highest BCUT2D eigenvalue weighted by Crippen LogP contribution is 2.38. The van der Waals surface area contributed by atoms with Gasteiger partial charge in [-0.1, -0.05) is 48.2 Å². The molecule has 1 aliphatic rings. The molecule has 0 radical (unpaired) electrons. The molecule has 0 N–H and O–H groups in total. The first-order valence-corrected chi connectivity index (χ1v) is 10.0. The Hall–Kier alpha value is -1.94. The quantitative estimate of drug-likeness (QED) is 0.669. The molecule has 2 aromatic carbocycles. The summed E-state index contributed by atoms with van der Waals surface area (Å²) in [6, 6.07) is 19.1. The van der Waals surface area contributed by atoms with Crippen molar-refractivity contribution in [1.82, 2.24) is 4.90 Å². The lowest BCUT2D eigenvalue weighted by molar-refractivity contribution is 0.0204. The van der Waals surface area contributed by atoms with E-state index in [0.717, 1.165) is 25.9 Å². The minimum atomic E-state index is -0.438. The third-order valence-electron chi connectivity index (χ3n) is 4.48. The molecule has 1 fully saturated rings. The number of likely N-dealkylation sites (tertiary alicyclic amines) is 1. The van der Waals surface area contributed by atoms with Crippen molar-refractivity contribution in [3.63, 3.8) is 0 Å². The number of nitrogens with zero attached hydrogens (tertiary/aromatic N) is 1. The zero-order valence-electron chi connectivity index (χ0n) is 15.8. The van der Waals surface area contributed by atoms with Crippen molar-refractivity contribution in [1.29, 1.82) is 0 Å². The smallest absolute Gasteiger partial charge is 0.410 e. The summed E-state index contributed by atoms with van der Waals surface area (Å²) in [6.45, 7) is 7.24. The first kappa shape index (κ1) is 18.8. The standard InChI is InChI=1S/C22H27NO2S/c1-22(2,3)25-21(24)23-15-13-17(14-16-23)19-11-7-8-12-20(19)26-18-9-5-4-6-10-18/h4-12,17H,13-16H2,1-3H3. The summed E-state index contributed by atoms with van der Waals surface area (Å²) in [4.78, 5) is 16.7. The third kappa shape index (κ3) is 5.04. The van der Waals surface area contributed by atoms with E-state index in [4.69, 9.17) is 4.74 Å². The van der Waals surface area contributed by atoms with Gasteiger partial charge >= 0.3 is 6.09 Å². The molecule has 1 amide bonds.